The largest absolute Gasteiger partial charge is 0.469 e. The first-order chi connectivity index (χ1) is 9.43. The van der Waals surface area contributed by atoms with E-state index in [2.05, 4.69) is 9.46 Å². The van der Waals surface area contributed by atoms with Gasteiger partial charge in [0.15, 0.2) is 0 Å². The molecule has 0 radical (unpaired) electrons. The summed E-state index contributed by atoms with van der Waals surface area (Å²) in [6, 6.07) is 7.23. The van der Waals surface area contributed by atoms with Gasteiger partial charge in [-0.2, -0.15) is 0 Å². The molecule has 112 valence electrons. The Balaban J connectivity index is 2.29. The molecule has 1 rings (SSSR count). The fourth-order valence-electron chi connectivity index (χ4n) is 1.32. The van der Waals surface area contributed by atoms with Gasteiger partial charge in [-0.3, -0.25) is 4.79 Å². The first-order valence-corrected chi connectivity index (χ1v) is 8.59. The van der Waals surface area contributed by atoms with Gasteiger partial charge in [-0.1, -0.05) is 0 Å². The topological polar surface area (TPSA) is 98.5 Å². The summed E-state index contributed by atoms with van der Waals surface area (Å²) in [5.74, 6) is -0.0234. The molecule has 1 aromatic carbocycles. The number of carbonyl (C=O) groups is 1. The van der Waals surface area contributed by atoms with Gasteiger partial charge in [-0.15, -0.1) is 11.8 Å². The molecule has 0 saturated carbocycles. The van der Waals surface area contributed by atoms with Crippen molar-refractivity contribution in [2.24, 2.45) is 0 Å². The van der Waals surface area contributed by atoms with E-state index < -0.39 is 16.0 Å². The molecule has 0 spiro atoms. The van der Waals surface area contributed by atoms with Crippen LogP contribution in [0.4, 0.5) is 5.69 Å². The Bertz CT molecular complexity index is 529. The van der Waals surface area contributed by atoms with E-state index in [0.717, 1.165) is 4.90 Å². The number of nitrogens with two attached hydrogens (primary N) is 1. The minimum absolute atomic E-state index is 0.0107. The van der Waals surface area contributed by atoms with Gasteiger partial charge >= 0.3 is 5.97 Å². The molecule has 0 aromatic heterocycles. The standard InChI is InChI=1S/C12H18N2O4S2/c1-18-12(15)6-7-14-20(16,17)9-8-19-11-4-2-10(13)3-5-11/h2-5,14H,6-9,13H2,1H3. The Morgan fingerprint density at radius 1 is 1.35 bits per heavy atom. The summed E-state index contributed by atoms with van der Waals surface area (Å²) in [5.41, 5.74) is 6.24. The number of rotatable bonds is 8. The first-order valence-electron chi connectivity index (χ1n) is 5.95. The minimum atomic E-state index is -3.37. The Hall–Kier alpha value is -1.25. The van der Waals surface area contributed by atoms with E-state index in [4.69, 9.17) is 5.73 Å². The molecule has 0 fully saturated rings. The number of benzene rings is 1. The highest BCUT2D eigenvalue weighted by Crippen LogP contribution is 2.19. The second-order valence-corrected chi connectivity index (χ2v) is 7.05. The van der Waals surface area contributed by atoms with Crippen molar-refractivity contribution in [3.8, 4) is 0 Å². The molecule has 0 heterocycles. The van der Waals surface area contributed by atoms with E-state index in [1.165, 1.54) is 18.9 Å². The predicted octanol–water partition coefficient (Wildman–Crippen LogP) is 0.843. The number of ether oxygens (including phenoxy) is 1. The maximum absolute atomic E-state index is 11.6. The van der Waals surface area contributed by atoms with Crippen molar-refractivity contribution >= 4 is 33.4 Å². The van der Waals surface area contributed by atoms with Gasteiger partial charge in [0.1, 0.15) is 0 Å². The van der Waals surface area contributed by atoms with Gasteiger partial charge in [0.05, 0.1) is 19.3 Å². The molecule has 3 N–H and O–H groups in total. The lowest BCUT2D eigenvalue weighted by Gasteiger charge is -2.06. The average molecular weight is 318 g/mol. The van der Waals surface area contributed by atoms with Gasteiger partial charge < -0.3 is 10.5 Å². The summed E-state index contributed by atoms with van der Waals surface area (Å²) in [5, 5.41) is 0. The number of nitrogens with one attached hydrogen (secondary N) is 1. The zero-order valence-electron chi connectivity index (χ0n) is 11.2. The van der Waals surface area contributed by atoms with Crippen molar-refractivity contribution in [2.75, 3.05) is 30.9 Å². The van der Waals surface area contributed by atoms with Crippen molar-refractivity contribution in [3.05, 3.63) is 24.3 Å². The van der Waals surface area contributed by atoms with Gasteiger partial charge in [-0.05, 0) is 24.3 Å². The van der Waals surface area contributed by atoms with Gasteiger partial charge in [0, 0.05) is 22.9 Å². The molecular formula is C12H18N2O4S2. The highest BCUT2D eigenvalue weighted by Gasteiger charge is 2.11. The van der Waals surface area contributed by atoms with Crippen LogP contribution in [0, 0.1) is 0 Å². The van der Waals surface area contributed by atoms with E-state index in [1.54, 1.807) is 12.1 Å². The summed E-state index contributed by atoms with van der Waals surface area (Å²) in [6.07, 6.45) is 0.0286. The van der Waals surface area contributed by atoms with Crippen molar-refractivity contribution in [1.29, 1.82) is 0 Å². The second-order valence-electron chi connectivity index (χ2n) is 3.96. The lowest BCUT2D eigenvalue weighted by molar-refractivity contribution is -0.140. The summed E-state index contributed by atoms with van der Waals surface area (Å²) in [7, 11) is -2.10. The highest BCUT2D eigenvalue weighted by atomic mass is 32.2. The zero-order valence-corrected chi connectivity index (χ0v) is 12.8. The quantitative estimate of drug-likeness (QED) is 0.419. The van der Waals surface area contributed by atoms with Crippen molar-refractivity contribution in [3.63, 3.8) is 0 Å². The summed E-state index contributed by atoms with van der Waals surface area (Å²) < 4.78 is 30.1. The molecular weight excluding hydrogens is 300 g/mol. The number of sulfonamides is 1. The van der Waals surface area contributed by atoms with Gasteiger partial charge in [0.25, 0.3) is 0 Å². The number of carbonyl (C=O) groups excluding carboxylic acids is 1. The SMILES string of the molecule is COC(=O)CCNS(=O)(=O)CCSc1ccc(N)cc1. The van der Waals surface area contributed by atoms with Crippen LogP contribution in [0.25, 0.3) is 0 Å². The Morgan fingerprint density at radius 2 is 2.00 bits per heavy atom. The normalized spacial score (nSPS) is 11.2. The third-order valence-corrected chi connectivity index (χ3v) is 5.04. The number of esters is 1. The molecule has 0 atom stereocenters. The molecule has 6 nitrogen and oxygen atoms in total. The predicted molar refractivity (Wildman–Crippen MR) is 80.0 cm³/mol. The molecule has 8 heteroatoms. The highest BCUT2D eigenvalue weighted by molar-refractivity contribution is 8.00. The van der Waals surface area contributed by atoms with Crippen LogP contribution in [-0.2, 0) is 19.6 Å². The number of hydrogen-bond donors (Lipinski definition) is 2. The summed E-state index contributed by atoms with van der Waals surface area (Å²) in [4.78, 5) is 11.8. The second kappa shape index (κ2) is 8.13. The van der Waals surface area contributed by atoms with Crippen LogP contribution in [0.3, 0.4) is 0 Å². The molecule has 1 aromatic rings. The smallest absolute Gasteiger partial charge is 0.306 e. The van der Waals surface area contributed by atoms with Gasteiger partial charge in [0.2, 0.25) is 10.0 Å². The van der Waals surface area contributed by atoms with Crippen LogP contribution in [0.5, 0.6) is 0 Å². The molecule has 0 amide bonds. The number of nitrogen functional groups attached to an aromatic ring is 1. The van der Waals surface area contributed by atoms with Crippen LogP contribution in [0.15, 0.2) is 29.2 Å². The molecule has 20 heavy (non-hydrogen) atoms. The molecule has 0 unspecified atom stereocenters. The average Bonchev–Trinajstić information content (AvgIpc) is 2.40. The molecule has 0 bridgehead atoms. The van der Waals surface area contributed by atoms with E-state index in [0.29, 0.717) is 11.4 Å². The molecule has 0 saturated heterocycles. The zero-order chi connectivity index (χ0) is 15.0. The number of anilines is 1. The van der Waals surface area contributed by atoms with Gasteiger partial charge in [-0.25, -0.2) is 13.1 Å². The third kappa shape index (κ3) is 6.78. The third-order valence-electron chi connectivity index (χ3n) is 2.38. The first kappa shape index (κ1) is 16.8. The lowest BCUT2D eigenvalue weighted by Crippen LogP contribution is -2.29. The van der Waals surface area contributed by atoms with Crippen LogP contribution >= 0.6 is 11.8 Å². The Morgan fingerprint density at radius 3 is 2.60 bits per heavy atom. The number of methoxy groups -OCH3 is 1. The van der Waals surface area contributed by atoms with E-state index >= 15 is 0 Å². The van der Waals surface area contributed by atoms with Crippen LogP contribution in [0.2, 0.25) is 0 Å². The van der Waals surface area contributed by atoms with Crippen molar-refractivity contribution < 1.29 is 17.9 Å². The Labute approximate surface area is 123 Å². The maximum Gasteiger partial charge on any atom is 0.306 e. The minimum Gasteiger partial charge on any atom is -0.469 e. The fourth-order valence-corrected chi connectivity index (χ4v) is 3.65. The van der Waals surface area contributed by atoms with Crippen LogP contribution in [-0.4, -0.2) is 39.5 Å². The molecule has 0 aliphatic heterocycles. The van der Waals surface area contributed by atoms with E-state index in [9.17, 15) is 13.2 Å². The van der Waals surface area contributed by atoms with Crippen molar-refractivity contribution in [1.82, 2.24) is 4.72 Å². The summed E-state index contributed by atoms with van der Waals surface area (Å²) >= 11 is 1.43. The number of hydrogen-bond acceptors (Lipinski definition) is 6. The lowest BCUT2D eigenvalue weighted by atomic mass is 10.3. The summed E-state index contributed by atoms with van der Waals surface area (Å²) in [6.45, 7) is 0.0571. The Kier molecular flexibility index (Phi) is 6.83. The maximum atomic E-state index is 11.6. The molecule has 0 aliphatic carbocycles. The van der Waals surface area contributed by atoms with Crippen molar-refractivity contribution in [2.45, 2.75) is 11.3 Å². The number of thioether (sulfide) groups is 1. The molecule has 0 aliphatic rings. The monoisotopic (exact) mass is 318 g/mol. The van der Waals surface area contributed by atoms with E-state index in [1.807, 2.05) is 12.1 Å². The fraction of sp³-hybridized carbons (Fsp3) is 0.417. The van der Waals surface area contributed by atoms with Crippen LogP contribution < -0.4 is 10.5 Å². The van der Waals surface area contributed by atoms with Crippen LogP contribution in [0.1, 0.15) is 6.42 Å². The van der Waals surface area contributed by atoms with E-state index in [-0.39, 0.29) is 18.7 Å².